The van der Waals surface area contributed by atoms with Crippen LogP contribution in [0.4, 0.5) is 5.69 Å². The Balaban J connectivity index is 1.67. The Morgan fingerprint density at radius 3 is 2.55 bits per heavy atom. The highest BCUT2D eigenvalue weighted by Gasteiger charge is 2.42. The fraction of sp³-hybridized carbons (Fsp3) is 0.160. The summed E-state index contributed by atoms with van der Waals surface area (Å²) in [5, 5.41) is 4.22. The summed E-state index contributed by atoms with van der Waals surface area (Å²) in [7, 11) is 0. The van der Waals surface area contributed by atoms with Crippen molar-refractivity contribution in [2.45, 2.75) is 25.9 Å². The predicted octanol–water partition coefficient (Wildman–Crippen LogP) is 5.06. The molecule has 3 aromatic heterocycles. The molecule has 31 heavy (non-hydrogen) atoms. The van der Waals surface area contributed by atoms with Crippen molar-refractivity contribution in [3.8, 4) is 5.82 Å². The number of nitrogens with zero attached hydrogens (tertiary/aromatic N) is 4. The summed E-state index contributed by atoms with van der Waals surface area (Å²) in [6.07, 6.45) is 5.77. The molecular formula is C25H23N5S. The highest BCUT2D eigenvalue weighted by atomic mass is 32.1. The third-order valence-corrected chi connectivity index (χ3v) is 5.92. The molecule has 1 N–H and O–H groups in total. The number of thiocarbonyl (C=S) groups is 1. The van der Waals surface area contributed by atoms with Gasteiger partial charge >= 0.3 is 0 Å². The summed E-state index contributed by atoms with van der Waals surface area (Å²) in [4.78, 5) is 11.5. The lowest BCUT2D eigenvalue weighted by Crippen LogP contribution is -2.30. The number of benzene rings is 1. The van der Waals surface area contributed by atoms with E-state index in [-0.39, 0.29) is 12.1 Å². The van der Waals surface area contributed by atoms with Gasteiger partial charge in [-0.15, -0.1) is 0 Å². The second kappa shape index (κ2) is 7.96. The van der Waals surface area contributed by atoms with Gasteiger partial charge in [0.25, 0.3) is 0 Å². The summed E-state index contributed by atoms with van der Waals surface area (Å²) in [5.41, 5.74) is 5.44. The van der Waals surface area contributed by atoms with Gasteiger partial charge in [-0.05, 0) is 79.7 Å². The van der Waals surface area contributed by atoms with Gasteiger partial charge in [0.15, 0.2) is 5.11 Å². The Bertz CT molecular complexity index is 1220. The molecule has 5 rings (SSSR count). The maximum absolute atomic E-state index is 5.83. The largest absolute Gasteiger partial charge is 0.351 e. The van der Waals surface area contributed by atoms with Gasteiger partial charge in [0.2, 0.25) is 0 Å². The van der Waals surface area contributed by atoms with E-state index in [1.165, 1.54) is 5.56 Å². The van der Waals surface area contributed by atoms with E-state index in [0.717, 1.165) is 28.5 Å². The van der Waals surface area contributed by atoms with Crippen LogP contribution >= 0.6 is 12.2 Å². The Morgan fingerprint density at radius 2 is 1.81 bits per heavy atom. The van der Waals surface area contributed by atoms with Crippen molar-refractivity contribution in [3.05, 3.63) is 108 Å². The van der Waals surface area contributed by atoms with Crippen LogP contribution in [-0.2, 0) is 0 Å². The fourth-order valence-electron chi connectivity index (χ4n) is 4.16. The first-order chi connectivity index (χ1) is 15.1. The maximum atomic E-state index is 5.83. The minimum atomic E-state index is -0.0895. The molecule has 0 spiro atoms. The molecule has 1 aliphatic heterocycles. The van der Waals surface area contributed by atoms with Crippen molar-refractivity contribution in [2.24, 2.45) is 0 Å². The van der Waals surface area contributed by atoms with Gasteiger partial charge in [0.05, 0.1) is 11.7 Å². The minimum Gasteiger partial charge on any atom is -0.351 e. The Hall–Kier alpha value is -3.51. The molecule has 0 aliphatic carbocycles. The van der Waals surface area contributed by atoms with Crippen LogP contribution in [-0.4, -0.2) is 19.6 Å². The molecule has 0 unspecified atom stereocenters. The van der Waals surface area contributed by atoms with E-state index in [4.69, 9.17) is 12.2 Å². The van der Waals surface area contributed by atoms with Crippen LogP contribution in [0.25, 0.3) is 5.82 Å². The molecule has 1 aliphatic rings. The molecule has 4 aromatic rings. The minimum absolute atomic E-state index is 0.0812. The van der Waals surface area contributed by atoms with Gasteiger partial charge in [0.1, 0.15) is 11.9 Å². The molecule has 0 bridgehead atoms. The van der Waals surface area contributed by atoms with E-state index in [0.29, 0.717) is 5.11 Å². The van der Waals surface area contributed by atoms with Crippen LogP contribution in [0.5, 0.6) is 0 Å². The third-order valence-electron chi connectivity index (χ3n) is 5.60. The van der Waals surface area contributed by atoms with Gasteiger partial charge in [0, 0.05) is 30.0 Å². The summed E-state index contributed by atoms with van der Waals surface area (Å²) < 4.78 is 2.14. The lowest BCUT2D eigenvalue weighted by atomic mass is 10.0. The van der Waals surface area contributed by atoms with E-state index in [1.54, 1.807) is 0 Å². The van der Waals surface area contributed by atoms with Crippen LogP contribution in [0, 0.1) is 13.8 Å². The zero-order valence-electron chi connectivity index (χ0n) is 17.4. The molecule has 2 atom stereocenters. The summed E-state index contributed by atoms with van der Waals surface area (Å²) in [6.45, 7) is 4.14. The Labute approximate surface area is 187 Å². The van der Waals surface area contributed by atoms with Gasteiger partial charge < -0.3 is 14.8 Å². The molecule has 154 valence electrons. The molecular weight excluding hydrogens is 402 g/mol. The summed E-state index contributed by atoms with van der Waals surface area (Å²) >= 11 is 5.83. The van der Waals surface area contributed by atoms with Crippen molar-refractivity contribution in [2.75, 3.05) is 4.90 Å². The first-order valence-electron chi connectivity index (χ1n) is 10.3. The highest BCUT2D eigenvalue weighted by molar-refractivity contribution is 7.80. The number of pyridine rings is 2. The van der Waals surface area contributed by atoms with E-state index < -0.39 is 0 Å². The Kier molecular flexibility index (Phi) is 5.00. The average molecular weight is 426 g/mol. The standard InChI is InChI=1S/C25H23N5S/c1-17-7-5-8-19(15-17)30-24(23(28-25(30)31)20-9-3-4-13-26-20)21-10-6-14-29(21)22-12-11-18(2)16-27-22/h3-16,23-24H,1-2H3,(H,28,31)/t23-,24+/m1/s1. The van der Waals surface area contributed by atoms with Gasteiger partial charge in [-0.3, -0.25) is 4.98 Å². The van der Waals surface area contributed by atoms with E-state index >= 15 is 0 Å². The summed E-state index contributed by atoms with van der Waals surface area (Å²) in [5.74, 6) is 0.882. The van der Waals surface area contributed by atoms with Crippen molar-refractivity contribution in [1.29, 1.82) is 0 Å². The Morgan fingerprint density at radius 1 is 0.903 bits per heavy atom. The van der Waals surface area contributed by atoms with E-state index in [2.05, 4.69) is 80.3 Å². The van der Waals surface area contributed by atoms with Crippen LogP contribution in [0.1, 0.15) is 34.6 Å². The van der Waals surface area contributed by atoms with Gasteiger partial charge in [-0.25, -0.2) is 4.98 Å². The zero-order chi connectivity index (χ0) is 21.4. The van der Waals surface area contributed by atoms with Crippen LogP contribution in [0.2, 0.25) is 0 Å². The molecule has 1 fully saturated rings. The van der Waals surface area contributed by atoms with Crippen molar-refractivity contribution >= 4 is 23.0 Å². The van der Waals surface area contributed by atoms with E-state index in [1.807, 2.05) is 43.6 Å². The highest BCUT2D eigenvalue weighted by Crippen LogP contribution is 2.42. The molecule has 0 amide bonds. The zero-order valence-corrected chi connectivity index (χ0v) is 18.3. The van der Waals surface area contributed by atoms with Crippen LogP contribution in [0.15, 0.2) is 85.3 Å². The van der Waals surface area contributed by atoms with Gasteiger partial charge in [-0.1, -0.05) is 24.3 Å². The lowest BCUT2D eigenvalue weighted by molar-refractivity contribution is 0.548. The number of aryl methyl sites for hydroxylation is 2. The third kappa shape index (κ3) is 3.59. The second-order valence-corrected chi connectivity index (χ2v) is 8.22. The van der Waals surface area contributed by atoms with Crippen molar-refractivity contribution in [3.63, 3.8) is 0 Å². The SMILES string of the molecule is Cc1ccc(-n2cccc2[C@H]2[C@@H](c3ccccn3)NC(=S)N2c2cccc(C)c2)nc1. The van der Waals surface area contributed by atoms with E-state index in [9.17, 15) is 0 Å². The molecule has 1 saturated heterocycles. The predicted molar refractivity (Wildman–Crippen MR) is 127 cm³/mol. The smallest absolute Gasteiger partial charge is 0.174 e. The topological polar surface area (TPSA) is 46.0 Å². The van der Waals surface area contributed by atoms with Crippen LogP contribution in [0.3, 0.4) is 0 Å². The average Bonchev–Trinajstić information content (AvgIpc) is 3.39. The number of rotatable bonds is 4. The van der Waals surface area contributed by atoms with Gasteiger partial charge in [-0.2, -0.15) is 0 Å². The monoisotopic (exact) mass is 425 g/mol. The van der Waals surface area contributed by atoms with Crippen LogP contribution < -0.4 is 10.2 Å². The molecule has 0 saturated carbocycles. The first-order valence-corrected chi connectivity index (χ1v) is 10.7. The quantitative estimate of drug-likeness (QED) is 0.463. The number of aromatic nitrogens is 3. The second-order valence-electron chi connectivity index (χ2n) is 7.83. The number of nitrogens with one attached hydrogen (secondary N) is 1. The number of hydrogen-bond acceptors (Lipinski definition) is 3. The molecule has 5 nitrogen and oxygen atoms in total. The first kappa shape index (κ1) is 19.5. The number of hydrogen-bond donors (Lipinski definition) is 1. The van der Waals surface area contributed by atoms with Crippen molar-refractivity contribution < 1.29 is 0 Å². The molecule has 6 heteroatoms. The lowest BCUT2D eigenvalue weighted by Gasteiger charge is -2.29. The summed E-state index contributed by atoms with van der Waals surface area (Å²) in [6, 6.07) is 22.6. The molecule has 1 aromatic carbocycles. The molecule has 4 heterocycles. The molecule has 0 radical (unpaired) electrons. The normalized spacial score (nSPS) is 18.3. The maximum Gasteiger partial charge on any atom is 0.174 e. The fourth-order valence-corrected chi connectivity index (χ4v) is 4.50. The number of anilines is 1. The van der Waals surface area contributed by atoms with Crippen molar-refractivity contribution in [1.82, 2.24) is 19.9 Å².